The number of pyridine rings is 1. The Bertz CT molecular complexity index is 747. The zero-order valence-corrected chi connectivity index (χ0v) is 11.6. The van der Waals surface area contributed by atoms with Gasteiger partial charge in [0.1, 0.15) is 5.69 Å². The summed E-state index contributed by atoms with van der Waals surface area (Å²) in [6, 6.07) is 13.3. The predicted octanol–water partition coefficient (Wildman–Crippen LogP) is 2.50. The third-order valence-electron chi connectivity index (χ3n) is 3.26. The fourth-order valence-corrected chi connectivity index (χ4v) is 2.21. The number of hydrogen-bond acceptors (Lipinski definition) is 3. The number of ether oxygens (including phenoxy) is 1. The van der Waals surface area contributed by atoms with Crippen molar-refractivity contribution >= 4 is 16.8 Å². The molecule has 0 fully saturated rings. The molecule has 106 valence electrons. The second kappa shape index (κ2) is 5.66. The molecule has 2 N–H and O–H groups in total. The maximum atomic E-state index is 12.2. The summed E-state index contributed by atoms with van der Waals surface area (Å²) in [6.07, 6.45) is 1.65. The van der Waals surface area contributed by atoms with E-state index in [2.05, 4.69) is 15.3 Å². The van der Waals surface area contributed by atoms with Gasteiger partial charge in [-0.05, 0) is 18.2 Å². The van der Waals surface area contributed by atoms with E-state index >= 15 is 0 Å². The van der Waals surface area contributed by atoms with Gasteiger partial charge in [0.15, 0.2) is 0 Å². The number of amides is 1. The summed E-state index contributed by atoms with van der Waals surface area (Å²) in [6.45, 7) is 0.366. The summed E-state index contributed by atoms with van der Waals surface area (Å²) in [7, 11) is 1.56. The van der Waals surface area contributed by atoms with Crippen LogP contribution >= 0.6 is 0 Å². The van der Waals surface area contributed by atoms with E-state index in [-0.39, 0.29) is 5.91 Å². The summed E-state index contributed by atoms with van der Waals surface area (Å²) in [5.74, 6) is 0.367. The smallest absolute Gasteiger partial charge is 0.267 e. The number of carbonyl (C=O) groups excluding carboxylic acids is 1. The number of benzene rings is 1. The predicted molar refractivity (Wildman–Crippen MR) is 80.3 cm³/mol. The minimum atomic E-state index is -0.155. The van der Waals surface area contributed by atoms with Gasteiger partial charge in [-0.25, -0.2) is 4.98 Å². The van der Waals surface area contributed by atoms with Crippen molar-refractivity contribution in [3.8, 4) is 5.88 Å². The van der Waals surface area contributed by atoms with Gasteiger partial charge < -0.3 is 15.0 Å². The Hall–Kier alpha value is -2.82. The van der Waals surface area contributed by atoms with Crippen LogP contribution in [-0.2, 0) is 6.54 Å². The van der Waals surface area contributed by atoms with Crippen molar-refractivity contribution < 1.29 is 9.53 Å². The van der Waals surface area contributed by atoms with E-state index < -0.39 is 0 Å². The molecule has 5 heteroatoms. The third kappa shape index (κ3) is 2.72. The molecule has 0 saturated heterocycles. The molecule has 0 aliphatic rings. The number of rotatable bonds is 4. The highest BCUT2D eigenvalue weighted by Crippen LogP contribution is 2.16. The number of aromatic nitrogens is 2. The maximum Gasteiger partial charge on any atom is 0.267 e. The first kappa shape index (κ1) is 13.2. The number of H-pyrrole nitrogens is 1. The lowest BCUT2D eigenvalue weighted by atomic mass is 10.2. The van der Waals surface area contributed by atoms with E-state index in [1.54, 1.807) is 13.3 Å². The van der Waals surface area contributed by atoms with Crippen LogP contribution in [0.4, 0.5) is 0 Å². The van der Waals surface area contributed by atoms with Crippen LogP contribution in [0.2, 0.25) is 0 Å². The largest absolute Gasteiger partial charge is 0.481 e. The Morgan fingerprint density at radius 2 is 2.14 bits per heavy atom. The number of para-hydroxylation sites is 1. The standard InChI is InChI=1S/C16H15N3O2/c1-21-16-12(6-4-8-17-16)10-18-15(20)14-9-11-5-2-3-7-13(11)19-14/h2-9,19H,10H2,1H3,(H,18,20). The van der Waals surface area contributed by atoms with Crippen LogP contribution < -0.4 is 10.1 Å². The zero-order chi connectivity index (χ0) is 14.7. The second-order valence-electron chi connectivity index (χ2n) is 4.62. The van der Waals surface area contributed by atoms with Gasteiger partial charge in [0, 0.05) is 29.2 Å². The second-order valence-corrected chi connectivity index (χ2v) is 4.62. The van der Waals surface area contributed by atoms with Gasteiger partial charge in [-0.1, -0.05) is 24.3 Å². The van der Waals surface area contributed by atoms with E-state index in [1.165, 1.54) is 0 Å². The van der Waals surface area contributed by atoms with E-state index in [1.807, 2.05) is 42.5 Å². The lowest BCUT2D eigenvalue weighted by molar-refractivity contribution is 0.0946. The first-order valence-electron chi connectivity index (χ1n) is 6.62. The number of carbonyl (C=O) groups is 1. The Kier molecular flexibility index (Phi) is 3.55. The van der Waals surface area contributed by atoms with Crippen molar-refractivity contribution in [1.82, 2.24) is 15.3 Å². The Labute approximate surface area is 122 Å². The summed E-state index contributed by atoms with van der Waals surface area (Å²) in [5.41, 5.74) is 2.32. The molecule has 3 rings (SSSR count). The normalized spacial score (nSPS) is 10.5. The molecule has 5 nitrogen and oxygen atoms in total. The van der Waals surface area contributed by atoms with Gasteiger partial charge in [0.25, 0.3) is 5.91 Å². The fourth-order valence-electron chi connectivity index (χ4n) is 2.21. The van der Waals surface area contributed by atoms with Gasteiger partial charge in [-0.15, -0.1) is 0 Å². The number of fused-ring (bicyclic) bond motifs is 1. The van der Waals surface area contributed by atoms with E-state index in [0.717, 1.165) is 16.5 Å². The van der Waals surface area contributed by atoms with Gasteiger partial charge in [-0.2, -0.15) is 0 Å². The number of hydrogen-bond donors (Lipinski definition) is 2. The minimum absolute atomic E-state index is 0.155. The fraction of sp³-hybridized carbons (Fsp3) is 0.125. The summed E-state index contributed by atoms with van der Waals surface area (Å²) in [4.78, 5) is 19.4. The van der Waals surface area contributed by atoms with E-state index in [9.17, 15) is 4.79 Å². The topological polar surface area (TPSA) is 67.0 Å². The van der Waals surface area contributed by atoms with E-state index in [0.29, 0.717) is 18.1 Å². The first-order chi connectivity index (χ1) is 10.3. The summed E-state index contributed by atoms with van der Waals surface area (Å²) < 4.78 is 5.16. The molecule has 1 amide bonds. The van der Waals surface area contributed by atoms with Gasteiger partial charge >= 0.3 is 0 Å². The molecule has 0 spiro atoms. The number of methoxy groups -OCH3 is 1. The van der Waals surface area contributed by atoms with Gasteiger partial charge in [0.05, 0.1) is 7.11 Å². The molecule has 0 unspecified atom stereocenters. The molecule has 1 aromatic carbocycles. The van der Waals surface area contributed by atoms with Crippen LogP contribution in [0, 0.1) is 0 Å². The molecule has 0 aliphatic carbocycles. The Balaban J connectivity index is 1.74. The van der Waals surface area contributed by atoms with Crippen molar-refractivity contribution in [2.24, 2.45) is 0 Å². The van der Waals surface area contributed by atoms with Crippen LogP contribution in [0.25, 0.3) is 10.9 Å². The average Bonchev–Trinajstić information content (AvgIpc) is 2.97. The quantitative estimate of drug-likeness (QED) is 0.772. The molecule has 0 aliphatic heterocycles. The molecular formula is C16H15N3O2. The Morgan fingerprint density at radius 1 is 1.29 bits per heavy atom. The molecule has 0 atom stereocenters. The monoisotopic (exact) mass is 281 g/mol. The SMILES string of the molecule is COc1ncccc1CNC(=O)c1cc2ccccc2[nH]1. The van der Waals surface area contributed by atoms with E-state index in [4.69, 9.17) is 4.74 Å². The van der Waals surface area contributed by atoms with Crippen molar-refractivity contribution in [2.75, 3.05) is 7.11 Å². The number of nitrogens with one attached hydrogen (secondary N) is 2. The molecular weight excluding hydrogens is 266 g/mol. The highest BCUT2D eigenvalue weighted by Gasteiger charge is 2.10. The zero-order valence-electron chi connectivity index (χ0n) is 11.6. The molecule has 2 aromatic heterocycles. The summed E-state index contributed by atoms with van der Waals surface area (Å²) in [5, 5.41) is 3.88. The lowest BCUT2D eigenvalue weighted by Crippen LogP contribution is -2.23. The van der Waals surface area contributed by atoms with Gasteiger partial charge in [-0.3, -0.25) is 4.79 Å². The number of aromatic amines is 1. The van der Waals surface area contributed by atoms with Crippen molar-refractivity contribution in [2.45, 2.75) is 6.54 Å². The Morgan fingerprint density at radius 3 is 2.95 bits per heavy atom. The van der Waals surface area contributed by atoms with Crippen LogP contribution in [-0.4, -0.2) is 23.0 Å². The van der Waals surface area contributed by atoms with Crippen LogP contribution in [0.1, 0.15) is 16.1 Å². The highest BCUT2D eigenvalue weighted by molar-refractivity contribution is 5.97. The van der Waals surface area contributed by atoms with Crippen molar-refractivity contribution in [3.05, 3.63) is 59.9 Å². The molecule has 0 radical (unpaired) electrons. The first-order valence-corrected chi connectivity index (χ1v) is 6.62. The molecule has 0 saturated carbocycles. The van der Waals surface area contributed by atoms with Crippen LogP contribution in [0.15, 0.2) is 48.7 Å². The highest BCUT2D eigenvalue weighted by atomic mass is 16.5. The molecule has 2 heterocycles. The molecule has 0 bridgehead atoms. The summed E-state index contributed by atoms with van der Waals surface area (Å²) >= 11 is 0. The maximum absolute atomic E-state index is 12.2. The number of nitrogens with zero attached hydrogens (tertiary/aromatic N) is 1. The average molecular weight is 281 g/mol. The molecule has 21 heavy (non-hydrogen) atoms. The third-order valence-corrected chi connectivity index (χ3v) is 3.26. The minimum Gasteiger partial charge on any atom is -0.481 e. The molecule has 3 aromatic rings. The van der Waals surface area contributed by atoms with Crippen LogP contribution in [0.5, 0.6) is 5.88 Å². The lowest BCUT2D eigenvalue weighted by Gasteiger charge is -2.07. The van der Waals surface area contributed by atoms with Gasteiger partial charge in [0.2, 0.25) is 5.88 Å². The van der Waals surface area contributed by atoms with Crippen molar-refractivity contribution in [1.29, 1.82) is 0 Å². The van der Waals surface area contributed by atoms with Crippen molar-refractivity contribution in [3.63, 3.8) is 0 Å². The van der Waals surface area contributed by atoms with Crippen LogP contribution in [0.3, 0.4) is 0 Å².